The van der Waals surface area contributed by atoms with Crippen LogP contribution in [0.15, 0.2) is 18.2 Å². The van der Waals surface area contributed by atoms with E-state index in [0.717, 1.165) is 72.8 Å². The fourth-order valence-corrected chi connectivity index (χ4v) is 4.73. The van der Waals surface area contributed by atoms with Crippen molar-refractivity contribution in [1.82, 2.24) is 19.7 Å². The maximum absolute atomic E-state index is 5.75. The zero-order valence-electron chi connectivity index (χ0n) is 19.5. The summed E-state index contributed by atoms with van der Waals surface area (Å²) in [5.41, 5.74) is 4.25. The molecule has 1 fully saturated rings. The minimum absolute atomic E-state index is 0.624. The van der Waals surface area contributed by atoms with Gasteiger partial charge < -0.3 is 23.8 Å². The Morgan fingerprint density at radius 2 is 1.65 bits per heavy atom. The number of methoxy groups -OCH3 is 1. The molecule has 1 saturated heterocycles. The highest BCUT2D eigenvalue weighted by molar-refractivity contribution is 5.99. The third-order valence-electron chi connectivity index (χ3n) is 6.35. The standard InChI is InChI=1S/C24H33N5O2/c1-7-27-11-13-28(14-12-27)24-23-18(5)29(17(4)22(23)16(3)25-26-24)20-10-9-19(31-8-2)15-21(20)30-6/h9-10,15H,7-8,11-14H2,1-6H3. The molecule has 31 heavy (non-hydrogen) atoms. The number of benzene rings is 1. The molecule has 7 heteroatoms. The Morgan fingerprint density at radius 1 is 0.935 bits per heavy atom. The quantitative estimate of drug-likeness (QED) is 0.599. The molecule has 1 aliphatic rings. The summed E-state index contributed by atoms with van der Waals surface area (Å²) in [5, 5.41) is 11.6. The molecule has 7 nitrogen and oxygen atoms in total. The molecule has 0 spiro atoms. The lowest BCUT2D eigenvalue weighted by molar-refractivity contribution is 0.270. The minimum atomic E-state index is 0.624. The number of anilines is 1. The van der Waals surface area contributed by atoms with Crippen LogP contribution < -0.4 is 14.4 Å². The van der Waals surface area contributed by atoms with Gasteiger partial charge in [-0.25, -0.2) is 0 Å². The monoisotopic (exact) mass is 423 g/mol. The first-order valence-corrected chi connectivity index (χ1v) is 11.1. The van der Waals surface area contributed by atoms with Gasteiger partial charge in [0.1, 0.15) is 11.5 Å². The van der Waals surface area contributed by atoms with E-state index in [1.54, 1.807) is 7.11 Å². The number of likely N-dealkylation sites (N-methyl/N-ethyl adjacent to an activating group) is 1. The fraction of sp³-hybridized carbons (Fsp3) is 0.500. The first-order chi connectivity index (χ1) is 15.0. The Hall–Kier alpha value is -2.80. The Kier molecular flexibility index (Phi) is 6.05. The molecule has 166 valence electrons. The summed E-state index contributed by atoms with van der Waals surface area (Å²) in [5.74, 6) is 2.58. The molecule has 0 N–H and O–H groups in total. The van der Waals surface area contributed by atoms with Crippen molar-refractivity contribution in [2.45, 2.75) is 34.6 Å². The van der Waals surface area contributed by atoms with Crippen molar-refractivity contribution in [1.29, 1.82) is 0 Å². The second kappa shape index (κ2) is 8.75. The second-order valence-corrected chi connectivity index (χ2v) is 8.05. The highest BCUT2D eigenvalue weighted by Crippen LogP contribution is 2.38. The van der Waals surface area contributed by atoms with Crippen LogP contribution in [0.4, 0.5) is 5.82 Å². The van der Waals surface area contributed by atoms with Crippen molar-refractivity contribution in [2.75, 3.05) is 51.3 Å². The van der Waals surface area contributed by atoms with E-state index in [0.29, 0.717) is 6.61 Å². The van der Waals surface area contributed by atoms with Gasteiger partial charge in [0.05, 0.1) is 25.1 Å². The Bertz CT molecular complexity index is 1080. The zero-order valence-corrected chi connectivity index (χ0v) is 19.5. The molecule has 3 aromatic rings. The molecule has 0 aliphatic carbocycles. The highest BCUT2D eigenvalue weighted by Gasteiger charge is 2.25. The maximum atomic E-state index is 5.75. The maximum Gasteiger partial charge on any atom is 0.161 e. The van der Waals surface area contributed by atoms with Crippen molar-refractivity contribution in [3.05, 3.63) is 35.3 Å². The van der Waals surface area contributed by atoms with E-state index in [9.17, 15) is 0 Å². The first-order valence-electron chi connectivity index (χ1n) is 11.1. The van der Waals surface area contributed by atoms with Crippen LogP contribution in [-0.2, 0) is 0 Å². The predicted molar refractivity (Wildman–Crippen MR) is 125 cm³/mol. The highest BCUT2D eigenvalue weighted by atomic mass is 16.5. The van der Waals surface area contributed by atoms with Crippen molar-refractivity contribution in [3.8, 4) is 17.2 Å². The van der Waals surface area contributed by atoms with E-state index < -0.39 is 0 Å². The van der Waals surface area contributed by atoms with Gasteiger partial charge in [-0.3, -0.25) is 0 Å². The van der Waals surface area contributed by atoms with Crippen molar-refractivity contribution in [3.63, 3.8) is 0 Å². The number of hydrogen-bond donors (Lipinski definition) is 0. The van der Waals surface area contributed by atoms with Crippen LogP contribution in [-0.4, -0.2) is 66.1 Å². The van der Waals surface area contributed by atoms with E-state index in [1.165, 1.54) is 10.8 Å². The Morgan fingerprint density at radius 3 is 2.29 bits per heavy atom. The van der Waals surface area contributed by atoms with Gasteiger partial charge in [0.15, 0.2) is 5.82 Å². The predicted octanol–water partition coefficient (Wildman–Crippen LogP) is 3.89. The van der Waals surface area contributed by atoms with Gasteiger partial charge in [-0.15, -0.1) is 5.10 Å². The lowest BCUT2D eigenvalue weighted by Crippen LogP contribution is -2.46. The summed E-state index contributed by atoms with van der Waals surface area (Å²) in [7, 11) is 1.70. The lowest BCUT2D eigenvalue weighted by Gasteiger charge is -2.34. The van der Waals surface area contributed by atoms with E-state index in [2.05, 4.69) is 51.4 Å². The molecule has 0 saturated carbocycles. The molecule has 1 aromatic carbocycles. The third-order valence-corrected chi connectivity index (χ3v) is 6.35. The number of aromatic nitrogens is 3. The van der Waals surface area contributed by atoms with Gasteiger partial charge in [0.25, 0.3) is 0 Å². The van der Waals surface area contributed by atoms with E-state index >= 15 is 0 Å². The van der Waals surface area contributed by atoms with Crippen LogP contribution in [0, 0.1) is 20.8 Å². The topological polar surface area (TPSA) is 55.7 Å². The average Bonchev–Trinajstić information content (AvgIpc) is 3.05. The largest absolute Gasteiger partial charge is 0.494 e. The number of aryl methyl sites for hydroxylation is 3. The SMILES string of the molecule is CCOc1ccc(-n2c(C)c3c(C)nnc(N4CCN(CC)CC4)c3c2C)c(OC)c1. The molecule has 0 amide bonds. The molecule has 0 unspecified atom stereocenters. The van der Waals surface area contributed by atoms with E-state index in [-0.39, 0.29) is 0 Å². The zero-order chi connectivity index (χ0) is 22.1. The van der Waals surface area contributed by atoms with Crippen LogP contribution in [0.3, 0.4) is 0 Å². The summed E-state index contributed by atoms with van der Waals surface area (Å²) in [6.45, 7) is 16.3. The summed E-state index contributed by atoms with van der Waals surface area (Å²) >= 11 is 0. The summed E-state index contributed by atoms with van der Waals surface area (Å²) in [6, 6.07) is 6.02. The second-order valence-electron chi connectivity index (χ2n) is 8.05. The Balaban J connectivity index is 1.87. The number of piperazine rings is 1. The molecular formula is C24H33N5O2. The minimum Gasteiger partial charge on any atom is -0.494 e. The van der Waals surface area contributed by atoms with E-state index in [1.807, 2.05) is 26.0 Å². The molecule has 3 heterocycles. The summed E-state index contributed by atoms with van der Waals surface area (Å²) in [4.78, 5) is 4.86. The van der Waals surface area contributed by atoms with Crippen LogP contribution >= 0.6 is 0 Å². The van der Waals surface area contributed by atoms with Crippen molar-refractivity contribution >= 4 is 16.6 Å². The lowest BCUT2D eigenvalue weighted by atomic mass is 10.1. The number of hydrogen-bond acceptors (Lipinski definition) is 6. The van der Waals surface area contributed by atoms with Gasteiger partial charge in [-0.1, -0.05) is 6.92 Å². The molecule has 1 aliphatic heterocycles. The molecule has 0 radical (unpaired) electrons. The van der Waals surface area contributed by atoms with Crippen LogP contribution in [0.25, 0.3) is 16.5 Å². The van der Waals surface area contributed by atoms with Crippen LogP contribution in [0.5, 0.6) is 11.5 Å². The first kappa shape index (κ1) is 21.4. The van der Waals surface area contributed by atoms with Gasteiger partial charge in [0, 0.05) is 54.4 Å². The van der Waals surface area contributed by atoms with Gasteiger partial charge in [-0.05, 0) is 46.4 Å². The normalized spacial score (nSPS) is 15.0. The molecule has 0 bridgehead atoms. The van der Waals surface area contributed by atoms with E-state index in [4.69, 9.17) is 9.47 Å². The number of rotatable bonds is 6. The smallest absolute Gasteiger partial charge is 0.161 e. The molecule has 0 atom stereocenters. The molecule has 2 aromatic heterocycles. The number of fused-ring (bicyclic) bond motifs is 1. The third kappa shape index (κ3) is 3.71. The average molecular weight is 424 g/mol. The molecular weight excluding hydrogens is 390 g/mol. The van der Waals surface area contributed by atoms with Crippen LogP contribution in [0.1, 0.15) is 30.9 Å². The number of ether oxygens (including phenoxy) is 2. The molecule has 4 rings (SSSR count). The van der Waals surface area contributed by atoms with Gasteiger partial charge in [-0.2, -0.15) is 5.10 Å². The van der Waals surface area contributed by atoms with Crippen LogP contribution in [0.2, 0.25) is 0 Å². The van der Waals surface area contributed by atoms with Gasteiger partial charge in [0.2, 0.25) is 0 Å². The summed E-state index contributed by atoms with van der Waals surface area (Å²) < 4.78 is 13.7. The van der Waals surface area contributed by atoms with Crippen molar-refractivity contribution < 1.29 is 9.47 Å². The van der Waals surface area contributed by atoms with Crippen molar-refractivity contribution in [2.24, 2.45) is 0 Å². The number of nitrogens with zero attached hydrogens (tertiary/aromatic N) is 5. The Labute approximate surface area is 184 Å². The van der Waals surface area contributed by atoms with Gasteiger partial charge >= 0.3 is 0 Å². The summed E-state index contributed by atoms with van der Waals surface area (Å²) in [6.07, 6.45) is 0. The fourth-order valence-electron chi connectivity index (χ4n) is 4.73.